The third kappa shape index (κ3) is 3.38. The minimum absolute atomic E-state index is 0.0141. The molecule has 0 amide bonds. The van der Waals surface area contributed by atoms with E-state index in [2.05, 4.69) is 19.1 Å². The lowest BCUT2D eigenvalue weighted by Crippen LogP contribution is -2.19. The average Bonchev–Trinajstić information content (AvgIpc) is 2.19. The van der Waals surface area contributed by atoms with Gasteiger partial charge in [-0.3, -0.25) is 0 Å². The van der Waals surface area contributed by atoms with Gasteiger partial charge in [0.05, 0.1) is 12.0 Å². The van der Waals surface area contributed by atoms with Crippen molar-refractivity contribution < 1.29 is 5.11 Å². The summed E-state index contributed by atoms with van der Waals surface area (Å²) in [5.41, 5.74) is 6.91. The summed E-state index contributed by atoms with van der Waals surface area (Å²) in [6.07, 6.45) is 1.05. The first-order chi connectivity index (χ1) is 6.26. The molecule has 1 rings (SSSR count). The van der Waals surface area contributed by atoms with Crippen molar-refractivity contribution in [3.63, 3.8) is 0 Å². The third-order valence-electron chi connectivity index (χ3n) is 1.80. The van der Waals surface area contributed by atoms with Gasteiger partial charge in [0.15, 0.2) is 0 Å². The molecule has 0 heterocycles. The van der Waals surface area contributed by atoms with Gasteiger partial charge in [0.1, 0.15) is 0 Å². The Balaban J connectivity index is 2.58. The van der Waals surface area contributed by atoms with Crippen LogP contribution in [0.4, 0.5) is 0 Å². The molecule has 13 heavy (non-hydrogen) atoms. The lowest BCUT2D eigenvalue weighted by molar-refractivity contribution is 0.296. The lowest BCUT2D eigenvalue weighted by atomic mass is 10.2. The summed E-state index contributed by atoms with van der Waals surface area (Å²) in [7, 11) is 0. The Morgan fingerprint density at radius 3 is 2.46 bits per heavy atom. The van der Waals surface area contributed by atoms with Crippen molar-refractivity contribution in [2.24, 2.45) is 5.73 Å². The predicted molar refractivity (Wildman–Crippen MR) is 56.7 cm³/mol. The largest absolute Gasteiger partial charge is 0.394 e. The van der Waals surface area contributed by atoms with E-state index >= 15 is 0 Å². The fraction of sp³-hybridized carbons (Fsp3) is 0.400. The third-order valence-corrected chi connectivity index (χ3v) is 2.80. The Morgan fingerprint density at radius 2 is 2.00 bits per heavy atom. The zero-order valence-electron chi connectivity index (χ0n) is 7.73. The summed E-state index contributed by atoms with van der Waals surface area (Å²) in [6, 6.07) is 8.26. The Hall–Kier alpha value is -0.510. The summed E-state index contributed by atoms with van der Waals surface area (Å²) >= 11 is 1.49. The maximum Gasteiger partial charge on any atom is 0.0789 e. The van der Waals surface area contributed by atoms with Crippen LogP contribution >= 0.6 is 11.8 Å². The van der Waals surface area contributed by atoms with Crippen molar-refractivity contribution in [3.05, 3.63) is 29.8 Å². The van der Waals surface area contributed by atoms with E-state index in [9.17, 15) is 0 Å². The molecule has 72 valence electrons. The highest BCUT2D eigenvalue weighted by atomic mass is 32.2. The number of hydrogen-bond donors (Lipinski definition) is 2. The van der Waals surface area contributed by atoms with E-state index in [1.54, 1.807) is 0 Å². The van der Waals surface area contributed by atoms with Crippen LogP contribution in [0.1, 0.15) is 12.5 Å². The minimum Gasteiger partial charge on any atom is -0.394 e. The van der Waals surface area contributed by atoms with Gasteiger partial charge >= 0.3 is 0 Å². The maximum absolute atomic E-state index is 8.75. The van der Waals surface area contributed by atoms with Gasteiger partial charge in [0, 0.05) is 4.90 Å². The molecule has 3 heteroatoms. The van der Waals surface area contributed by atoms with Crippen LogP contribution in [0, 0.1) is 0 Å². The summed E-state index contributed by atoms with van der Waals surface area (Å²) in [5, 5.41) is 8.54. The first-order valence-electron chi connectivity index (χ1n) is 4.38. The smallest absolute Gasteiger partial charge is 0.0789 e. The zero-order valence-corrected chi connectivity index (χ0v) is 8.55. The fourth-order valence-electron chi connectivity index (χ4n) is 1.02. The first kappa shape index (κ1) is 10.6. The molecule has 1 aromatic rings. The van der Waals surface area contributed by atoms with E-state index in [1.165, 1.54) is 17.3 Å². The second-order valence-corrected chi connectivity index (χ2v) is 4.15. The molecule has 0 aromatic heterocycles. The highest BCUT2D eigenvalue weighted by Crippen LogP contribution is 2.20. The Labute approximate surface area is 83.1 Å². The van der Waals surface area contributed by atoms with Crippen molar-refractivity contribution in [2.75, 3.05) is 6.61 Å². The number of aliphatic hydroxyl groups excluding tert-OH is 1. The molecule has 1 aromatic carbocycles. The minimum atomic E-state index is -0.215. The molecule has 0 saturated carbocycles. The van der Waals surface area contributed by atoms with Crippen molar-refractivity contribution in [1.82, 2.24) is 0 Å². The van der Waals surface area contributed by atoms with Gasteiger partial charge in [0.25, 0.3) is 0 Å². The Kier molecular flexibility index (Phi) is 4.28. The van der Waals surface area contributed by atoms with Crippen LogP contribution in [0.25, 0.3) is 0 Å². The standard InChI is InChI=1S/C10H15NOS/c1-2-8-3-5-9(6-4-8)13-10(11)7-12/h3-6,10,12H,2,7,11H2,1H3. The van der Waals surface area contributed by atoms with Gasteiger partial charge in [0.2, 0.25) is 0 Å². The van der Waals surface area contributed by atoms with Gasteiger partial charge in [-0.1, -0.05) is 19.1 Å². The second kappa shape index (κ2) is 5.27. The molecule has 0 spiro atoms. The van der Waals surface area contributed by atoms with Gasteiger partial charge in [-0.15, -0.1) is 11.8 Å². The number of hydrogen-bond acceptors (Lipinski definition) is 3. The van der Waals surface area contributed by atoms with Crippen LogP contribution < -0.4 is 5.73 Å². The van der Waals surface area contributed by atoms with Crippen LogP contribution in [0.2, 0.25) is 0 Å². The fourth-order valence-corrected chi connectivity index (χ4v) is 1.73. The molecule has 1 atom stereocenters. The van der Waals surface area contributed by atoms with E-state index in [0.717, 1.165) is 11.3 Å². The van der Waals surface area contributed by atoms with Crippen molar-refractivity contribution in [1.29, 1.82) is 0 Å². The molecule has 0 aliphatic rings. The number of nitrogens with two attached hydrogens (primary N) is 1. The van der Waals surface area contributed by atoms with Gasteiger partial charge in [-0.05, 0) is 24.1 Å². The highest BCUT2D eigenvalue weighted by Gasteiger charge is 2.01. The van der Waals surface area contributed by atoms with E-state index in [1.807, 2.05) is 12.1 Å². The predicted octanol–water partition coefficient (Wildman–Crippen LogP) is 1.62. The first-order valence-corrected chi connectivity index (χ1v) is 5.26. The van der Waals surface area contributed by atoms with Crippen LogP contribution in [0.3, 0.4) is 0 Å². The van der Waals surface area contributed by atoms with Crippen LogP contribution in [-0.2, 0) is 6.42 Å². The number of benzene rings is 1. The molecule has 0 saturated heterocycles. The summed E-state index contributed by atoms with van der Waals surface area (Å²) in [6.45, 7) is 2.14. The van der Waals surface area contributed by atoms with E-state index < -0.39 is 0 Å². The molecule has 0 aliphatic carbocycles. The molecule has 0 fully saturated rings. The second-order valence-electron chi connectivity index (χ2n) is 2.84. The highest BCUT2D eigenvalue weighted by molar-refractivity contribution is 7.99. The molecule has 0 radical (unpaired) electrons. The van der Waals surface area contributed by atoms with Crippen molar-refractivity contribution >= 4 is 11.8 Å². The molecule has 2 nitrogen and oxygen atoms in total. The summed E-state index contributed by atoms with van der Waals surface area (Å²) < 4.78 is 0. The molecule has 0 aliphatic heterocycles. The Bertz CT molecular complexity index is 248. The summed E-state index contributed by atoms with van der Waals surface area (Å²) in [5.74, 6) is 0. The number of thioether (sulfide) groups is 1. The maximum atomic E-state index is 8.75. The zero-order chi connectivity index (χ0) is 9.68. The normalized spacial score (nSPS) is 12.8. The van der Waals surface area contributed by atoms with E-state index in [0.29, 0.717) is 0 Å². The van der Waals surface area contributed by atoms with Crippen molar-refractivity contribution in [3.8, 4) is 0 Å². The SMILES string of the molecule is CCc1ccc(SC(N)CO)cc1. The van der Waals surface area contributed by atoms with E-state index in [-0.39, 0.29) is 12.0 Å². The van der Waals surface area contributed by atoms with Crippen molar-refractivity contribution in [2.45, 2.75) is 23.6 Å². The summed E-state index contributed by atoms with van der Waals surface area (Å²) in [4.78, 5) is 1.11. The van der Waals surface area contributed by atoms with Gasteiger partial charge in [-0.25, -0.2) is 0 Å². The van der Waals surface area contributed by atoms with Crippen LogP contribution in [-0.4, -0.2) is 17.1 Å². The van der Waals surface area contributed by atoms with Crippen LogP contribution in [0.5, 0.6) is 0 Å². The average molecular weight is 197 g/mol. The van der Waals surface area contributed by atoms with Crippen LogP contribution in [0.15, 0.2) is 29.2 Å². The molecule has 0 bridgehead atoms. The van der Waals surface area contributed by atoms with Gasteiger partial charge in [-0.2, -0.15) is 0 Å². The monoisotopic (exact) mass is 197 g/mol. The number of rotatable bonds is 4. The Morgan fingerprint density at radius 1 is 1.38 bits per heavy atom. The van der Waals surface area contributed by atoms with Gasteiger partial charge < -0.3 is 10.8 Å². The number of aryl methyl sites for hydroxylation is 1. The molecular formula is C10H15NOS. The topological polar surface area (TPSA) is 46.2 Å². The molecule has 3 N–H and O–H groups in total. The van der Waals surface area contributed by atoms with E-state index in [4.69, 9.17) is 10.8 Å². The molecular weight excluding hydrogens is 182 g/mol. The quantitative estimate of drug-likeness (QED) is 0.569. The number of aliphatic hydroxyl groups is 1. The molecule has 1 unspecified atom stereocenters. The lowest BCUT2D eigenvalue weighted by Gasteiger charge is -2.07.